The molecule has 0 unspecified atom stereocenters. The van der Waals surface area contributed by atoms with Crippen molar-refractivity contribution in [3.05, 3.63) is 93.6 Å². The Morgan fingerprint density at radius 2 is 1.47 bits per heavy atom. The molecular weight excluding hydrogens is 489 g/mol. The second-order valence-electron chi connectivity index (χ2n) is 7.04. The van der Waals surface area contributed by atoms with E-state index in [4.69, 9.17) is 4.74 Å². The SMILES string of the molecule is COC(=O)[C@@H](Cc1ccccc1I)NC(=O)c1c2ccccc2cc2ccccc12. The molecule has 1 atom stereocenters. The van der Waals surface area contributed by atoms with E-state index in [0.717, 1.165) is 30.7 Å². The number of amides is 1. The van der Waals surface area contributed by atoms with E-state index in [0.29, 0.717) is 12.0 Å². The fourth-order valence-corrected chi connectivity index (χ4v) is 4.32. The fraction of sp³-hybridized carbons (Fsp3) is 0.120. The van der Waals surface area contributed by atoms with Crippen molar-refractivity contribution < 1.29 is 14.3 Å². The van der Waals surface area contributed by atoms with Gasteiger partial charge in [-0.1, -0.05) is 66.7 Å². The van der Waals surface area contributed by atoms with Crippen molar-refractivity contribution in [2.45, 2.75) is 12.5 Å². The van der Waals surface area contributed by atoms with E-state index < -0.39 is 12.0 Å². The lowest BCUT2D eigenvalue weighted by molar-refractivity contribution is -0.142. The smallest absolute Gasteiger partial charge is 0.328 e. The highest BCUT2D eigenvalue weighted by atomic mass is 127. The Labute approximate surface area is 188 Å². The first-order chi connectivity index (χ1) is 14.6. The molecule has 0 aromatic heterocycles. The molecule has 4 rings (SSSR count). The molecule has 4 aromatic rings. The number of esters is 1. The zero-order valence-electron chi connectivity index (χ0n) is 16.4. The van der Waals surface area contributed by atoms with Crippen molar-refractivity contribution in [3.8, 4) is 0 Å². The normalized spacial score (nSPS) is 11.9. The number of benzene rings is 4. The number of carbonyl (C=O) groups excluding carboxylic acids is 2. The Morgan fingerprint density at radius 1 is 0.900 bits per heavy atom. The van der Waals surface area contributed by atoms with Crippen LogP contribution in [0.25, 0.3) is 21.5 Å². The molecule has 1 amide bonds. The van der Waals surface area contributed by atoms with E-state index in [1.807, 2.05) is 72.8 Å². The van der Waals surface area contributed by atoms with E-state index in [9.17, 15) is 9.59 Å². The highest BCUT2D eigenvalue weighted by Gasteiger charge is 2.25. The molecule has 0 aliphatic heterocycles. The highest BCUT2D eigenvalue weighted by Crippen LogP contribution is 2.28. The molecule has 0 spiro atoms. The average Bonchev–Trinajstić information content (AvgIpc) is 2.77. The third-order valence-corrected chi connectivity index (χ3v) is 6.22. The van der Waals surface area contributed by atoms with Gasteiger partial charge in [-0.05, 0) is 61.8 Å². The Balaban J connectivity index is 1.76. The number of carbonyl (C=O) groups is 2. The van der Waals surface area contributed by atoms with Crippen LogP contribution in [0.2, 0.25) is 0 Å². The molecule has 0 radical (unpaired) electrons. The third kappa shape index (κ3) is 4.03. The Kier molecular flexibility index (Phi) is 5.99. The summed E-state index contributed by atoms with van der Waals surface area (Å²) in [6.45, 7) is 0. The van der Waals surface area contributed by atoms with Crippen LogP contribution in [0.4, 0.5) is 0 Å². The number of hydrogen-bond donors (Lipinski definition) is 1. The van der Waals surface area contributed by atoms with Crippen LogP contribution in [0.1, 0.15) is 15.9 Å². The quantitative estimate of drug-likeness (QED) is 0.231. The summed E-state index contributed by atoms with van der Waals surface area (Å²) >= 11 is 2.23. The number of ether oxygens (including phenoxy) is 1. The molecule has 4 aromatic carbocycles. The molecular formula is C25H20INO3. The molecule has 4 nitrogen and oxygen atoms in total. The summed E-state index contributed by atoms with van der Waals surface area (Å²) in [4.78, 5) is 25.9. The zero-order chi connectivity index (χ0) is 21.1. The van der Waals surface area contributed by atoms with Gasteiger partial charge in [0.2, 0.25) is 0 Å². The van der Waals surface area contributed by atoms with E-state index in [-0.39, 0.29) is 5.91 Å². The molecule has 0 fully saturated rings. The van der Waals surface area contributed by atoms with Gasteiger partial charge in [0.15, 0.2) is 0 Å². The number of fused-ring (bicyclic) bond motifs is 2. The van der Waals surface area contributed by atoms with Gasteiger partial charge in [-0.15, -0.1) is 0 Å². The second-order valence-corrected chi connectivity index (χ2v) is 8.20. The number of hydrogen-bond acceptors (Lipinski definition) is 3. The zero-order valence-corrected chi connectivity index (χ0v) is 18.6. The van der Waals surface area contributed by atoms with Gasteiger partial charge in [0.05, 0.1) is 12.7 Å². The summed E-state index contributed by atoms with van der Waals surface area (Å²) in [7, 11) is 1.34. The molecule has 150 valence electrons. The lowest BCUT2D eigenvalue weighted by Gasteiger charge is -2.19. The van der Waals surface area contributed by atoms with Crippen LogP contribution in [-0.4, -0.2) is 25.0 Å². The lowest BCUT2D eigenvalue weighted by Crippen LogP contribution is -2.43. The van der Waals surface area contributed by atoms with Crippen molar-refractivity contribution in [1.29, 1.82) is 0 Å². The Bertz CT molecular complexity index is 1200. The minimum Gasteiger partial charge on any atom is -0.467 e. The van der Waals surface area contributed by atoms with Gasteiger partial charge in [-0.3, -0.25) is 4.79 Å². The third-order valence-electron chi connectivity index (χ3n) is 5.17. The van der Waals surface area contributed by atoms with Crippen LogP contribution in [0, 0.1) is 3.57 Å². The van der Waals surface area contributed by atoms with Gasteiger partial charge in [0.1, 0.15) is 6.04 Å². The summed E-state index contributed by atoms with van der Waals surface area (Å²) in [6, 6.07) is 24.7. The fourth-order valence-electron chi connectivity index (χ4n) is 3.71. The molecule has 0 bridgehead atoms. The molecule has 0 aliphatic carbocycles. The molecule has 5 heteroatoms. The van der Waals surface area contributed by atoms with Crippen molar-refractivity contribution in [3.63, 3.8) is 0 Å². The van der Waals surface area contributed by atoms with Crippen LogP contribution in [0.3, 0.4) is 0 Å². The maximum Gasteiger partial charge on any atom is 0.328 e. The van der Waals surface area contributed by atoms with Gasteiger partial charge < -0.3 is 10.1 Å². The summed E-state index contributed by atoms with van der Waals surface area (Å²) in [5.74, 6) is -0.753. The maximum atomic E-state index is 13.5. The van der Waals surface area contributed by atoms with Crippen molar-refractivity contribution in [2.24, 2.45) is 0 Å². The summed E-state index contributed by atoms with van der Waals surface area (Å²) in [5, 5.41) is 6.59. The largest absolute Gasteiger partial charge is 0.467 e. The van der Waals surface area contributed by atoms with Gasteiger partial charge in [-0.2, -0.15) is 0 Å². The first kappa shape index (κ1) is 20.3. The molecule has 0 saturated heterocycles. The summed E-state index contributed by atoms with van der Waals surface area (Å²) in [6.07, 6.45) is 0.361. The highest BCUT2D eigenvalue weighted by molar-refractivity contribution is 14.1. The maximum absolute atomic E-state index is 13.5. The van der Waals surface area contributed by atoms with Crippen molar-refractivity contribution in [2.75, 3.05) is 7.11 Å². The Morgan fingerprint density at radius 3 is 2.07 bits per heavy atom. The number of methoxy groups -OCH3 is 1. The minimum atomic E-state index is -0.781. The number of halogens is 1. The number of rotatable bonds is 5. The molecule has 0 aliphatic rings. The Hall–Kier alpha value is -2.93. The summed E-state index contributed by atoms with van der Waals surface area (Å²) < 4.78 is 6.02. The predicted molar refractivity (Wildman–Crippen MR) is 128 cm³/mol. The second kappa shape index (κ2) is 8.83. The monoisotopic (exact) mass is 509 g/mol. The first-order valence-electron chi connectivity index (χ1n) is 9.61. The van der Waals surface area contributed by atoms with Gasteiger partial charge >= 0.3 is 5.97 Å². The van der Waals surface area contributed by atoms with E-state index in [2.05, 4.69) is 34.0 Å². The molecule has 30 heavy (non-hydrogen) atoms. The molecule has 0 heterocycles. The molecule has 0 saturated carbocycles. The predicted octanol–water partition coefficient (Wildman–Crippen LogP) is 5.11. The standard InChI is InChI=1S/C25H20INO3/c1-30-25(29)22(15-18-10-4-7-13-21(18)26)27-24(28)23-19-11-5-2-8-16(19)14-17-9-3-6-12-20(17)23/h2-14,22H,15H2,1H3,(H,27,28)/t22-/m1/s1. The van der Waals surface area contributed by atoms with Crippen LogP contribution >= 0.6 is 22.6 Å². The number of nitrogens with one attached hydrogen (secondary N) is 1. The van der Waals surface area contributed by atoms with Crippen LogP contribution in [0.5, 0.6) is 0 Å². The van der Waals surface area contributed by atoms with Gasteiger partial charge in [-0.25, -0.2) is 4.79 Å². The van der Waals surface area contributed by atoms with Gasteiger partial charge in [0, 0.05) is 9.99 Å². The average molecular weight is 509 g/mol. The van der Waals surface area contributed by atoms with Crippen molar-refractivity contribution in [1.82, 2.24) is 5.32 Å². The first-order valence-corrected chi connectivity index (χ1v) is 10.7. The van der Waals surface area contributed by atoms with E-state index >= 15 is 0 Å². The van der Waals surface area contributed by atoms with E-state index in [1.165, 1.54) is 7.11 Å². The van der Waals surface area contributed by atoms with E-state index in [1.54, 1.807) is 0 Å². The van der Waals surface area contributed by atoms with Gasteiger partial charge in [0.25, 0.3) is 5.91 Å². The minimum absolute atomic E-state index is 0.288. The van der Waals surface area contributed by atoms with Crippen LogP contribution < -0.4 is 5.32 Å². The lowest BCUT2D eigenvalue weighted by atomic mass is 9.96. The van der Waals surface area contributed by atoms with Crippen LogP contribution in [0.15, 0.2) is 78.9 Å². The van der Waals surface area contributed by atoms with Crippen molar-refractivity contribution >= 4 is 56.0 Å². The molecule has 1 N–H and O–H groups in total. The topological polar surface area (TPSA) is 55.4 Å². The van der Waals surface area contributed by atoms with Crippen LogP contribution in [-0.2, 0) is 16.0 Å². The summed E-state index contributed by atoms with van der Waals surface area (Å²) in [5.41, 5.74) is 1.55.